The fourth-order valence-electron chi connectivity index (χ4n) is 6.62. The van der Waals surface area contributed by atoms with E-state index in [1.54, 1.807) is 13.1 Å². The normalized spacial score (nSPS) is 21.1. The van der Waals surface area contributed by atoms with E-state index in [9.17, 15) is 30.0 Å². The number of aromatic hydroxyl groups is 2. The van der Waals surface area contributed by atoms with Crippen LogP contribution < -0.4 is 20.5 Å². The first kappa shape index (κ1) is 24.9. The second kappa shape index (κ2) is 8.47. The van der Waals surface area contributed by atoms with E-state index in [2.05, 4.69) is 0 Å². The molecule has 11 nitrogen and oxygen atoms in total. The van der Waals surface area contributed by atoms with E-state index in [4.69, 9.17) is 18.6 Å². The predicted octanol–water partition coefficient (Wildman–Crippen LogP) is 3.12. The number of nitrogens with zero attached hydrogens (tertiary/aromatic N) is 1. The van der Waals surface area contributed by atoms with E-state index < -0.39 is 35.0 Å². The highest BCUT2D eigenvalue weighted by molar-refractivity contribution is 6.07. The van der Waals surface area contributed by atoms with Gasteiger partial charge in [0.15, 0.2) is 18.1 Å². The summed E-state index contributed by atoms with van der Waals surface area (Å²) >= 11 is 0. The Morgan fingerprint density at radius 1 is 1.05 bits per heavy atom. The first-order chi connectivity index (χ1) is 19.2. The van der Waals surface area contributed by atoms with Crippen molar-refractivity contribution in [1.82, 2.24) is 4.57 Å². The molecule has 3 aliphatic rings. The quantitative estimate of drug-likeness (QED) is 0.292. The molecule has 11 heteroatoms. The third kappa shape index (κ3) is 2.99. The van der Waals surface area contributed by atoms with Gasteiger partial charge in [0.05, 0.1) is 30.3 Å². The molecular weight excluding hydrogens is 522 g/mol. The molecule has 0 radical (unpaired) electrons. The van der Waals surface area contributed by atoms with Gasteiger partial charge in [-0.05, 0) is 25.3 Å². The summed E-state index contributed by atoms with van der Waals surface area (Å²) in [5.74, 6) is -0.472. The second-order valence-corrected chi connectivity index (χ2v) is 10.5. The highest BCUT2D eigenvalue weighted by atomic mass is 16.7. The lowest BCUT2D eigenvalue weighted by Gasteiger charge is -2.35. The van der Waals surface area contributed by atoms with E-state index in [0.717, 1.165) is 5.69 Å². The van der Waals surface area contributed by atoms with Crippen LogP contribution in [0.4, 0.5) is 0 Å². The number of hydrogen-bond donors (Lipinski definition) is 4. The summed E-state index contributed by atoms with van der Waals surface area (Å²) < 4.78 is 25.0. The molecule has 40 heavy (non-hydrogen) atoms. The van der Waals surface area contributed by atoms with E-state index in [1.807, 2.05) is 6.92 Å². The molecule has 0 spiro atoms. The van der Waals surface area contributed by atoms with Gasteiger partial charge in [0.2, 0.25) is 5.43 Å². The zero-order chi connectivity index (χ0) is 28.2. The highest BCUT2D eigenvalue weighted by Crippen LogP contribution is 2.59. The Morgan fingerprint density at radius 2 is 1.77 bits per heavy atom. The molecule has 3 atom stereocenters. The average molecular weight is 550 g/mol. The summed E-state index contributed by atoms with van der Waals surface area (Å²) in [7, 11) is 3.00. The number of hydrogen-bond acceptors (Lipinski definition) is 10. The molecule has 4 aromatic rings. The number of aliphatic hydroxyl groups excluding tert-OH is 2. The lowest BCUT2D eigenvalue weighted by atomic mass is 9.78. The van der Waals surface area contributed by atoms with Gasteiger partial charge in [0.1, 0.15) is 34.5 Å². The van der Waals surface area contributed by atoms with Crippen LogP contribution in [-0.4, -0.2) is 38.9 Å². The average Bonchev–Trinajstić information content (AvgIpc) is 2.94. The number of fused-ring (bicyclic) bond motifs is 6. The van der Waals surface area contributed by atoms with Gasteiger partial charge < -0.3 is 43.6 Å². The number of phenolic OH excluding ortho intramolecular Hbond substituents is 2. The van der Waals surface area contributed by atoms with Crippen LogP contribution >= 0.6 is 0 Å². The number of phenols is 2. The smallest absolute Gasteiger partial charge is 0.262 e. The maximum atomic E-state index is 13.8. The Morgan fingerprint density at radius 3 is 2.50 bits per heavy atom. The molecule has 4 N–H and O–H groups in total. The number of rotatable bonds is 2. The van der Waals surface area contributed by atoms with Crippen molar-refractivity contribution in [2.75, 3.05) is 13.9 Å². The summed E-state index contributed by atoms with van der Waals surface area (Å²) in [6.45, 7) is 1.82. The molecule has 0 saturated carbocycles. The second-order valence-electron chi connectivity index (χ2n) is 10.5. The molecule has 0 saturated heterocycles. The van der Waals surface area contributed by atoms with Gasteiger partial charge in [-0.1, -0.05) is 6.92 Å². The minimum atomic E-state index is -1.19. The Balaban J connectivity index is 1.68. The van der Waals surface area contributed by atoms with E-state index >= 15 is 0 Å². The van der Waals surface area contributed by atoms with Crippen molar-refractivity contribution in [3.63, 3.8) is 0 Å². The summed E-state index contributed by atoms with van der Waals surface area (Å²) in [4.78, 5) is 27.3. The lowest BCUT2D eigenvalue weighted by Crippen LogP contribution is -2.27. The predicted molar refractivity (Wildman–Crippen MR) is 142 cm³/mol. The Hall–Kier alpha value is -4.06. The van der Waals surface area contributed by atoms with Gasteiger partial charge in [0, 0.05) is 46.8 Å². The Bertz CT molecular complexity index is 1900. The number of aliphatic hydroxyl groups is 2. The van der Waals surface area contributed by atoms with Crippen molar-refractivity contribution in [3.8, 4) is 34.1 Å². The SMILES string of the molecule is CCc1cc2c3c4c(c(O)c2c(=O)n1C)-c1c(c(OC)c2oc5c(c(=O)c2c1O)[C@H](O)CC[C@@H]5O)C[C@@H]4OCO3. The summed E-state index contributed by atoms with van der Waals surface area (Å²) in [6, 6.07) is 1.80. The van der Waals surface area contributed by atoms with Gasteiger partial charge in [-0.2, -0.15) is 0 Å². The molecule has 2 aromatic heterocycles. The molecule has 2 aliphatic carbocycles. The molecule has 0 unspecified atom stereocenters. The molecule has 1 aliphatic heterocycles. The van der Waals surface area contributed by atoms with Gasteiger partial charge in [-0.15, -0.1) is 0 Å². The fraction of sp³-hybridized carbons (Fsp3) is 0.379. The topological polar surface area (TPSA) is 161 Å². The molecule has 0 fully saturated rings. The van der Waals surface area contributed by atoms with Gasteiger partial charge in [-0.25, -0.2) is 0 Å². The number of aryl methyl sites for hydroxylation is 1. The largest absolute Gasteiger partial charge is 0.506 e. The van der Waals surface area contributed by atoms with Crippen molar-refractivity contribution >= 4 is 21.7 Å². The number of methoxy groups -OCH3 is 1. The van der Waals surface area contributed by atoms with Crippen LogP contribution in [0.2, 0.25) is 0 Å². The number of benzene rings is 2. The monoisotopic (exact) mass is 549 g/mol. The minimum Gasteiger partial charge on any atom is -0.506 e. The van der Waals surface area contributed by atoms with E-state index in [-0.39, 0.29) is 76.4 Å². The van der Waals surface area contributed by atoms with Crippen LogP contribution in [0.25, 0.3) is 32.9 Å². The van der Waals surface area contributed by atoms with Gasteiger partial charge >= 0.3 is 0 Å². The summed E-state index contributed by atoms with van der Waals surface area (Å²) in [5.41, 5.74) is 0.405. The first-order valence-corrected chi connectivity index (χ1v) is 13.1. The van der Waals surface area contributed by atoms with E-state index in [1.165, 1.54) is 11.7 Å². The van der Waals surface area contributed by atoms with Crippen molar-refractivity contribution < 1.29 is 39.1 Å². The van der Waals surface area contributed by atoms with Crippen molar-refractivity contribution in [2.24, 2.45) is 7.05 Å². The maximum absolute atomic E-state index is 13.8. The Labute approximate surface area is 226 Å². The standard InChI is InChI=1S/C29H27NO10/c1-4-10-7-11-17(29(36)30(10)2)23(34)20-16-12(8-15-19(20)25(11)39-9-38-15)26(37-3)28-21(22(16)33)24(35)18-13(31)5-6-14(32)27(18)40-28/h7,13-15,31-34H,4-6,8-9H2,1-3H3/t13-,14+,15+/m1/s1. The van der Waals surface area contributed by atoms with Gasteiger partial charge in [-0.3, -0.25) is 9.59 Å². The van der Waals surface area contributed by atoms with Crippen LogP contribution in [0.5, 0.6) is 23.0 Å². The molecule has 2 aromatic carbocycles. The van der Waals surface area contributed by atoms with Crippen molar-refractivity contribution in [3.05, 3.63) is 54.8 Å². The number of aromatic nitrogens is 1. The van der Waals surface area contributed by atoms with Crippen molar-refractivity contribution in [2.45, 2.75) is 50.9 Å². The van der Waals surface area contributed by atoms with Crippen LogP contribution in [0.3, 0.4) is 0 Å². The highest BCUT2D eigenvalue weighted by Gasteiger charge is 2.42. The zero-order valence-electron chi connectivity index (χ0n) is 22.0. The third-order valence-electron chi connectivity index (χ3n) is 8.54. The van der Waals surface area contributed by atoms with Crippen molar-refractivity contribution in [1.29, 1.82) is 0 Å². The molecule has 0 bridgehead atoms. The summed E-state index contributed by atoms with van der Waals surface area (Å²) in [5, 5.41) is 44.8. The number of pyridine rings is 1. The van der Waals surface area contributed by atoms with Crippen LogP contribution in [0.15, 0.2) is 20.1 Å². The molecule has 208 valence electrons. The minimum absolute atomic E-state index is 0.0106. The zero-order valence-corrected chi connectivity index (χ0v) is 22.0. The molecular formula is C29H27NO10. The van der Waals surface area contributed by atoms with E-state index in [0.29, 0.717) is 28.7 Å². The van der Waals surface area contributed by atoms with Crippen LogP contribution in [0, 0.1) is 0 Å². The molecule has 3 heterocycles. The molecule has 0 amide bonds. The maximum Gasteiger partial charge on any atom is 0.262 e. The molecule has 7 rings (SSSR count). The lowest BCUT2D eigenvalue weighted by molar-refractivity contribution is -0.0587. The fourth-order valence-corrected chi connectivity index (χ4v) is 6.62. The third-order valence-corrected chi connectivity index (χ3v) is 8.54. The first-order valence-electron chi connectivity index (χ1n) is 13.1. The summed E-state index contributed by atoms with van der Waals surface area (Å²) in [6.07, 6.45) is -1.84. The van der Waals surface area contributed by atoms with Crippen LogP contribution in [-0.2, 0) is 24.6 Å². The number of ether oxygens (including phenoxy) is 3. The Kier molecular flexibility index (Phi) is 5.28. The van der Waals surface area contributed by atoms with Crippen LogP contribution in [0.1, 0.15) is 66.2 Å². The van der Waals surface area contributed by atoms with Gasteiger partial charge in [0.25, 0.3) is 5.56 Å².